The quantitative estimate of drug-likeness (QED) is 0.00997. The fourth-order valence-corrected chi connectivity index (χ4v) is 16.1. The Morgan fingerprint density at radius 2 is 0.744 bits per heavy atom. The molecule has 8 N–H and O–H groups in total. The first-order valence-electron chi connectivity index (χ1n) is 21.7. The number of carboxylic acids is 2. The Morgan fingerprint density at radius 3 is 1.01 bits per heavy atom. The third-order valence-electron chi connectivity index (χ3n) is 7.62. The van der Waals surface area contributed by atoms with Gasteiger partial charge in [0.2, 0.25) is 0 Å². The molecule has 4 aromatic rings. The number of carbonyl (C=O) groups is 2. The van der Waals surface area contributed by atoms with Gasteiger partial charge in [0.15, 0.2) is 20.1 Å². The van der Waals surface area contributed by atoms with Crippen LogP contribution in [0.1, 0.15) is 20.8 Å². The third-order valence-corrected chi connectivity index (χ3v) is 22.7. The maximum atomic E-state index is 10.7. The van der Waals surface area contributed by atoms with Gasteiger partial charge in [-0.15, -0.1) is 11.8 Å². The summed E-state index contributed by atoms with van der Waals surface area (Å²) in [6, 6.07) is 9.38. The topological polar surface area (TPSA) is 445 Å². The van der Waals surface area contributed by atoms with Gasteiger partial charge in [0, 0.05) is 191 Å². The van der Waals surface area contributed by atoms with Crippen molar-refractivity contribution in [3.8, 4) is 0 Å². The molecule has 45 heteroatoms. The first-order chi connectivity index (χ1) is 38.9. The molecule has 4 rings (SSSR count). The summed E-state index contributed by atoms with van der Waals surface area (Å²) >= 11 is 0. The van der Waals surface area contributed by atoms with E-state index in [0.29, 0.717) is 38.1 Å². The SMILES string of the molecule is CC(CSSc1ncccc1[N+](=O)[O-])C(=O)O.CC([C-]=O)CSSP.CC([C-]=O)CSSc1ncccc1[N+](=O)[O-].NC(CSSc1ncccc1[N+](=O)[O-])C(=O)O.NC([C-]=O)CSSP.NC([C-]=O)CSSc1ncccc1[N+](=O)[O-].[Y].[Y].[Y].[Y]. The van der Waals surface area contributed by atoms with E-state index in [1.807, 2.05) is 19.5 Å². The summed E-state index contributed by atoms with van der Waals surface area (Å²) in [5, 5.41) is 61.0. The van der Waals surface area contributed by atoms with E-state index in [1.165, 1.54) is 138 Å². The van der Waals surface area contributed by atoms with E-state index >= 15 is 0 Å². The molecule has 27 nitrogen and oxygen atoms in total. The van der Waals surface area contributed by atoms with E-state index < -0.39 is 55.7 Å². The van der Waals surface area contributed by atoms with Crippen molar-refractivity contribution in [2.75, 3.05) is 34.5 Å². The number of carboxylic acid groups (broad SMARTS) is 2. The molecule has 8 atom stereocenters. The van der Waals surface area contributed by atoms with Crippen molar-refractivity contribution >= 4 is 205 Å². The molecule has 0 aliphatic carbocycles. The minimum absolute atomic E-state index is 0. The molecule has 0 aromatic carbocycles. The van der Waals surface area contributed by atoms with E-state index in [-0.39, 0.29) is 176 Å². The van der Waals surface area contributed by atoms with Gasteiger partial charge in [-0.1, -0.05) is 135 Å². The van der Waals surface area contributed by atoms with Crippen LogP contribution in [0, 0.1) is 58.2 Å². The zero-order valence-electron chi connectivity index (χ0n) is 44.9. The largest absolute Gasteiger partial charge is 0.541 e. The Morgan fingerprint density at radius 1 is 0.477 bits per heavy atom. The van der Waals surface area contributed by atoms with Crippen molar-refractivity contribution < 1.29 is 190 Å². The van der Waals surface area contributed by atoms with Crippen LogP contribution in [0.3, 0.4) is 0 Å². The first-order valence-corrected chi connectivity index (χ1v) is 38.6. The maximum absolute atomic E-state index is 10.7. The molecule has 0 saturated heterocycles. The molecular formula is C41H51N11O16P2S12Y4-4. The molecule has 0 amide bonds. The Bertz CT molecular complexity index is 2450. The van der Waals surface area contributed by atoms with Crippen LogP contribution in [0.25, 0.3) is 0 Å². The van der Waals surface area contributed by atoms with E-state index in [2.05, 4.69) is 36.8 Å². The molecule has 0 aliphatic heterocycles. The van der Waals surface area contributed by atoms with Crippen LogP contribution in [0.15, 0.2) is 93.4 Å². The predicted octanol–water partition coefficient (Wildman–Crippen LogP) is 9.72. The van der Waals surface area contributed by atoms with Crippen molar-refractivity contribution in [2.24, 2.45) is 35.0 Å². The molecule has 0 saturated carbocycles. The predicted molar refractivity (Wildman–Crippen MR) is 346 cm³/mol. The Kier molecular flexibility index (Phi) is 72.6. The molecule has 0 fully saturated rings. The summed E-state index contributed by atoms with van der Waals surface area (Å²) in [6.45, 7) is 5.19. The van der Waals surface area contributed by atoms with Crippen LogP contribution < -0.4 is 17.2 Å². The number of carbonyl (C=O) groups excluding carboxylic acids is 4. The average Bonchev–Trinajstić information content (AvgIpc) is 3.46. The Balaban J connectivity index is -0.000000226. The van der Waals surface area contributed by atoms with Gasteiger partial charge in [0.1, 0.15) is 6.04 Å². The number of nitro groups is 4. The van der Waals surface area contributed by atoms with E-state index in [1.54, 1.807) is 47.6 Å². The minimum atomic E-state index is -1.10. The molecule has 4 heterocycles. The number of rotatable bonds is 32. The molecule has 86 heavy (non-hydrogen) atoms. The molecule has 0 spiro atoms. The number of aliphatic carboxylic acids is 2. The van der Waals surface area contributed by atoms with Gasteiger partial charge in [-0.3, -0.25) is 62.6 Å². The third kappa shape index (κ3) is 50.6. The average molecular weight is 1760 g/mol. The van der Waals surface area contributed by atoms with Crippen LogP contribution in [0.5, 0.6) is 0 Å². The summed E-state index contributed by atoms with van der Waals surface area (Å²) in [5.74, 6) is 0.325. The number of nitrogens with two attached hydrogens (primary N) is 3. The molecule has 4 aromatic heterocycles. The summed E-state index contributed by atoms with van der Waals surface area (Å²) in [4.78, 5) is 117. The van der Waals surface area contributed by atoms with Crippen molar-refractivity contribution in [3.05, 3.63) is 114 Å². The van der Waals surface area contributed by atoms with Crippen LogP contribution in [-0.2, 0) is 160 Å². The molecule has 8 unspecified atom stereocenters. The summed E-state index contributed by atoms with van der Waals surface area (Å²) in [6.07, 6.45) is 13.0. The van der Waals surface area contributed by atoms with Gasteiger partial charge in [-0.05, 0) is 90.5 Å². The minimum Gasteiger partial charge on any atom is -0.541 e. The van der Waals surface area contributed by atoms with Crippen molar-refractivity contribution in [1.29, 1.82) is 0 Å². The molecule has 464 valence electrons. The number of aromatic nitrogens is 4. The fourth-order valence-electron chi connectivity index (χ4n) is 3.58. The zero-order valence-corrected chi connectivity index (χ0v) is 68.4. The van der Waals surface area contributed by atoms with Gasteiger partial charge in [0.05, 0.1) is 25.6 Å². The Labute approximate surface area is 647 Å². The van der Waals surface area contributed by atoms with Gasteiger partial charge < -0.3 is 46.6 Å². The maximum Gasteiger partial charge on any atom is 0.321 e. The number of nitrogens with zero attached hydrogens (tertiary/aromatic N) is 8. The second kappa shape index (κ2) is 63.6. The number of hydrogen-bond donors (Lipinski definition) is 5. The van der Waals surface area contributed by atoms with Gasteiger partial charge >= 0.3 is 34.7 Å². The van der Waals surface area contributed by atoms with Crippen molar-refractivity contribution in [3.63, 3.8) is 0 Å². The van der Waals surface area contributed by atoms with Gasteiger partial charge in [0.25, 0.3) is 0 Å². The van der Waals surface area contributed by atoms with Crippen LogP contribution in [0.4, 0.5) is 22.7 Å². The van der Waals surface area contributed by atoms with Crippen LogP contribution in [-0.4, -0.2) is 140 Å². The fraction of sp³-hybridized carbons (Fsp3) is 0.366. The Hall–Kier alpha value is 1.18. The second-order valence-corrected chi connectivity index (χ2v) is 31.1. The monoisotopic (exact) mass is 1750 g/mol. The standard InChI is InChI=1S/C9H10N2O4S2.C9H9N2O3S2.C8H9N3O4S2.C8H8N3O3S2.C4H8OPS2.C3H7NOPS2.4Y/c1-6(9(12)13)5-16-17-8-7(11(14)15)3-2-4-10-8;1-7(5-12)6-15-16-9-8(11(13)14)3-2-4-10-9;9-5(8(12)13)4-16-17-7-6(11(14)15)2-1-3-10-7;9-6(4-12)5-15-16-8-7(11(13)14)2-1-3-10-8;1-4(2-5)3-7-8-6;4-3(1-5)2-7-8-6;;;;/h2-4,6H,5H2,1H3,(H,12,13);2-4,7H,6H2,1H3;1-3,5H,4,9H2,(H,12,13);1-3,6H,5,9H2;4H,3,6H2,1H3;3H,2,4,6H2;;;;/q;-1;;3*-1;;;;. The number of hydrogen-bond acceptors (Lipinski definition) is 33. The van der Waals surface area contributed by atoms with Crippen molar-refractivity contribution in [2.45, 2.75) is 59.0 Å². The molecule has 0 bridgehead atoms. The van der Waals surface area contributed by atoms with Crippen LogP contribution >= 0.6 is 146 Å². The molecule has 0 aliphatic rings. The van der Waals surface area contributed by atoms with E-state index in [9.17, 15) is 69.2 Å². The van der Waals surface area contributed by atoms with Crippen molar-refractivity contribution in [1.82, 2.24) is 19.9 Å². The van der Waals surface area contributed by atoms with Gasteiger partial charge in [-0.2, -0.15) is 0 Å². The second-order valence-electron chi connectivity index (χ2n) is 14.2. The zero-order chi connectivity index (χ0) is 62.4. The summed E-state index contributed by atoms with van der Waals surface area (Å²) in [7, 11) is 20.7. The molecule has 4 radical (unpaired) electrons. The summed E-state index contributed by atoms with van der Waals surface area (Å²) in [5.41, 5.74) is 15.6. The summed E-state index contributed by atoms with van der Waals surface area (Å²) < 4.78 is 0. The van der Waals surface area contributed by atoms with E-state index in [0.717, 1.165) is 48.9 Å². The normalized spacial score (nSPS) is 11.7. The first kappa shape index (κ1) is 98.2. The van der Waals surface area contributed by atoms with Gasteiger partial charge in [-0.25, -0.2) is 32.5 Å². The van der Waals surface area contributed by atoms with E-state index in [4.69, 9.17) is 27.4 Å². The van der Waals surface area contributed by atoms with Crippen LogP contribution in [0.2, 0.25) is 0 Å². The smallest absolute Gasteiger partial charge is 0.321 e. The molecular weight excluding hydrogens is 1700 g/mol. The number of pyridine rings is 4.